The zero-order chi connectivity index (χ0) is 17.8. The van der Waals surface area contributed by atoms with Gasteiger partial charge in [0.05, 0.1) is 0 Å². The average Bonchev–Trinajstić information content (AvgIpc) is 2.52. The van der Waals surface area contributed by atoms with E-state index in [9.17, 15) is 0 Å². The van der Waals surface area contributed by atoms with Gasteiger partial charge in [0, 0.05) is 6.42 Å². The Morgan fingerprint density at radius 1 is 1.09 bits per heavy atom. The van der Waals surface area contributed by atoms with Gasteiger partial charge in [0.25, 0.3) is 0 Å². The highest BCUT2D eigenvalue weighted by Crippen LogP contribution is 2.36. The van der Waals surface area contributed by atoms with Crippen molar-refractivity contribution in [2.24, 2.45) is 29.6 Å². The topological polar surface area (TPSA) is 0 Å². The Balaban J connectivity index is 4.96. The van der Waals surface area contributed by atoms with E-state index in [2.05, 4.69) is 60.4 Å². The molecule has 4 unspecified atom stereocenters. The van der Waals surface area contributed by atoms with Crippen molar-refractivity contribution >= 4 is 7.28 Å². The van der Waals surface area contributed by atoms with Gasteiger partial charge in [0.15, 0.2) is 0 Å². The van der Waals surface area contributed by atoms with Crippen LogP contribution in [0.25, 0.3) is 0 Å². The van der Waals surface area contributed by atoms with Crippen LogP contribution in [0.5, 0.6) is 0 Å². The molecular formula is C22H41B. The molecule has 0 aromatic heterocycles. The minimum Gasteiger partial charge on any atom is -0.120 e. The maximum Gasteiger partial charge on any atom is 0.121 e. The minimum atomic E-state index is 0.726. The van der Waals surface area contributed by atoms with E-state index >= 15 is 0 Å². The van der Waals surface area contributed by atoms with Crippen LogP contribution in [0.15, 0.2) is 11.6 Å². The molecule has 0 rings (SSSR count). The van der Waals surface area contributed by atoms with E-state index in [1.807, 2.05) is 0 Å². The summed E-state index contributed by atoms with van der Waals surface area (Å²) in [5, 5.41) is 0. The first-order valence-electron chi connectivity index (χ1n) is 10.0. The number of rotatable bonds is 12. The second-order valence-corrected chi connectivity index (χ2v) is 7.91. The van der Waals surface area contributed by atoms with E-state index in [-0.39, 0.29) is 0 Å². The second kappa shape index (κ2) is 12.7. The Morgan fingerprint density at radius 3 is 2.17 bits per heavy atom. The van der Waals surface area contributed by atoms with Crippen molar-refractivity contribution in [1.82, 2.24) is 0 Å². The van der Waals surface area contributed by atoms with E-state index in [4.69, 9.17) is 6.42 Å². The first kappa shape index (κ1) is 22.4. The predicted octanol–water partition coefficient (Wildman–Crippen LogP) is 6.60. The fourth-order valence-corrected chi connectivity index (χ4v) is 3.92. The predicted molar refractivity (Wildman–Crippen MR) is 109 cm³/mol. The first-order chi connectivity index (χ1) is 10.9. The molecule has 23 heavy (non-hydrogen) atoms. The normalized spacial score (nSPS) is 17.4. The third kappa shape index (κ3) is 8.69. The van der Waals surface area contributed by atoms with Gasteiger partial charge in [-0.2, -0.15) is 0 Å². The summed E-state index contributed by atoms with van der Waals surface area (Å²) in [6.45, 7) is 16.6. The van der Waals surface area contributed by atoms with E-state index in [1.54, 1.807) is 0 Å². The molecule has 4 atom stereocenters. The van der Waals surface area contributed by atoms with Gasteiger partial charge in [0.1, 0.15) is 7.28 Å². The molecule has 1 heteroatoms. The van der Waals surface area contributed by atoms with Crippen LogP contribution in [0.3, 0.4) is 0 Å². The van der Waals surface area contributed by atoms with E-state index in [0.717, 1.165) is 36.0 Å². The van der Waals surface area contributed by atoms with Gasteiger partial charge in [0.2, 0.25) is 0 Å². The third-order valence-corrected chi connectivity index (χ3v) is 5.77. The largest absolute Gasteiger partial charge is 0.121 e. The van der Waals surface area contributed by atoms with Gasteiger partial charge < -0.3 is 0 Å². The molecule has 0 radical (unpaired) electrons. The molecular weight excluding hydrogens is 275 g/mol. The van der Waals surface area contributed by atoms with E-state index in [0.29, 0.717) is 0 Å². The van der Waals surface area contributed by atoms with Gasteiger partial charge in [-0.05, 0) is 42.4 Å². The summed E-state index contributed by atoms with van der Waals surface area (Å²) in [7, 11) is 1.21. The highest BCUT2D eigenvalue weighted by Gasteiger charge is 2.26. The summed E-state index contributed by atoms with van der Waals surface area (Å²) < 4.78 is 0. The molecule has 0 aromatic carbocycles. The molecule has 0 nitrogen and oxygen atoms in total. The van der Waals surface area contributed by atoms with Crippen LogP contribution in [0.2, 0.25) is 13.1 Å². The minimum absolute atomic E-state index is 0.726. The molecule has 0 amide bonds. The van der Waals surface area contributed by atoms with Crippen LogP contribution in [-0.4, -0.2) is 7.28 Å². The first-order valence-corrected chi connectivity index (χ1v) is 10.0. The smallest absolute Gasteiger partial charge is 0.120 e. The second-order valence-electron chi connectivity index (χ2n) is 7.91. The SMILES string of the molecule is C#CC/C(=C/CBC)CC(C)C(CC(CC)C(C)CC)C(C)C. The van der Waals surface area contributed by atoms with Crippen molar-refractivity contribution in [2.75, 3.05) is 0 Å². The molecule has 0 fully saturated rings. The molecule has 0 saturated heterocycles. The van der Waals surface area contributed by atoms with E-state index < -0.39 is 0 Å². The Bertz CT molecular complexity index is 361. The fourth-order valence-electron chi connectivity index (χ4n) is 3.92. The Labute approximate surface area is 148 Å². The van der Waals surface area contributed by atoms with Crippen molar-refractivity contribution in [2.45, 2.75) is 86.8 Å². The molecule has 0 aliphatic rings. The lowest BCUT2D eigenvalue weighted by Crippen LogP contribution is -2.24. The summed E-state index contributed by atoms with van der Waals surface area (Å²) >= 11 is 0. The summed E-state index contributed by atoms with van der Waals surface area (Å²) in [6.07, 6.45) is 15.2. The number of hydrogen-bond acceptors (Lipinski definition) is 0. The van der Waals surface area contributed by atoms with Crippen LogP contribution in [0.4, 0.5) is 0 Å². The summed E-state index contributed by atoms with van der Waals surface area (Å²) in [5.41, 5.74) is 1.49. The highest BCUT2D eigenvalue weighted by atomic mass is 14.3. The summed E-state index contributed by atoms with van der Waals surface area (Å²) in [6, 6.07) is 0. The molecule has 0 saturated carbocycles. The van der Waals surface area contributed by atoms with Crippen LogP contribution in [0.1, 0.15) is 73.6 Å². The zero-order valence-corrected chi connectivity index (χ0v) is 17.0. The quantitative estimate of drug-likeness (QED) is 0.216. The standard InChI is InChI=1S/C22H41B/c1-9-12-20(13-14-23-8)15-19(7)22(17(4)5)16-21(11-3)18(6)10-2/h1,13,17-19,21-23H,10-12,14-16H2,2-8H3/b20-13-. The third-order valence-electron chi connectivity index (χ3n) is 5.77. The number of hydrogen-bond donors (Lipinski definition) is 0. The maximum absolute atomic E-state index is 5.58. The monoisotopic (exact) mass is 316 g/mol. The molecule has 0 aliphatic heterocycles. The van der Waals surface area contributed by atoms with Crippen molar-refractivity contribution in [3.8, 4) is 12.3 Å². The average molecular weight is 316 g/mol. The summed E-state index contributed by atoms with van der Waals surface area (Å²) in [4.78, 5) is 0. The molecule has 0 aromatic rings. The Kier molecular flexibility index (Phi) is 12.4. The molecule has 0 spiro atoms. The number of allylic oxidation sites excluding steroid dienone is 2. The van der Waals surface area contributed by atoms with Gasteiger partial charge in [-0.3, -0.25) is 0 Å². The van der Waals surface area contributed by atoms with Crippen molar-refractivity contribution < 1.29 is 0 Å². The van der Waals surface area contributed by atoms with Gasteiger partial charge in [-0.1, -0.05) is 79.2 Å². The van der Waals surface area contributed by atoms with Gasteiger partial charge >= 0.3 is 0 Å². The molecule has 0 bridgehead atoms. The maximum atomic E-state index is 5.58. The van der Waals surface area contributed by atoms with Crippen molar-refractivity contribution in [1.29, 1.82) is 0 Å². The fraction of sp³-hybridized carbons (Fsp3) is 0.818. The van der Waals surface area contributed by atoms with Crippen molar-refractivity contribution in [3.05, 3.63) is 11.6 Å². The molecule has 0 N–H and O–H groups in total. The van der Waals surface area contributed by atoms with Gasteiger partial charge in [-0.25, -0.2) is 0 Å². The summed E-state index contributed by atoms with van der Waals surface area (Å²) in [5.74, 6) is 6.85. The molecule has 0 heterocycles. The van der Waals surface area contributed by atoms with Gasteiger partial charge in [-0.15, -0.1) is 12.3 Å². The zero-order valence-electron chi connectivity index (χ0n) is 17.0. The Hall–Kier alpha value is -0.635. The Morgan fingerprint density at radius 2 is 1.74 bits per heavy atom. The van der Waals surface area contributed by atoms with Crippen LogP contribution in [-0.2, 0) is 0 Å². The molecule has 132 valence electrons. The van der Waals surface area contributed by atoms with Crippen LogP contribution in [0, 0.1) is 41.9 Å². The van der Waals surface area contributed by atoms with Crippen LogP contribution < -0.4 is 0 Å². The lowest BCUT2D eigenvalue weighted by atomic mass is 9.71. The van der Waals surface area contributed by atoms with E-state index in [1.165, 1.54) is 44.9 Å². The number of terminal acetylenes is 1. The lowest BCUT2D eigenvalue weighted by Gasteiger charge is -2.33. The van der Waals surface area contributed by atoms with Crippen LogP contribution >= 0.6 is 0 Å². The molecule has 0 aliphatic carbocycles. The van der Waals surface area contributed by atoms with Crippen molar-refractivity contribution in [3.63, 3.8) is 0 Å². The lowest BCUT2D eigenvalue weighted by molar-refractivity contribution is 0.178. The highest BCUT2D eigenvalue weighted by molar-refractivity contribution is 6.34.